The number of nitrogens with zero attached hydrogens (tertiary/aromatic N) is 5. The fourth-order valence-corrected chi connectivity index (χ4v) is 2.66. The first-order valence-electron chi connectivity index (χ1n) is 6.86. The van der Waals surface area contributed by atoms with E-state index in [4.69, 9.17) is 16.3 Å². The highest BCUT2D eigenvalue weighted by Gasteiger charge is 2.32. The monoisotopic (exact) mass is 299 g/mol. The molecule has 0 N–H and O–H groups in total. The van der Waals surface area contributed by atoms with Crippen molar-refractivity contribution in [2.24, 2.45) is 5.92 Å². The molecule has 0 aromatic carbocycles. The summed E-state index contributed by atoms with van der Waals surface area (Å²) in [5.41, 5.74) is 0. The van der Waals surface area contributed by atoms with E-state index in [2.05, 4.69) is 45.8 Å². The van der Waals surface area contributed by atoms with Crippen molar-refractivity contribution < 1.29 is 4.74 Å². The van der Waals surface area contributed by atoms with Gasteiger partial charge < -0.3 is 14.5 Å². The highest BCUT2D eigenvalue weighted by atomic mass is 35.5. The zero-order valence-corrected chi connectivity index (χ0v) is 13.4. The third kappa shape index (κ3) is 3.49. The van der Waals surface area contributed by atoms with E-state index in [1.54, 1.807) is 0 Å². The van der Waals surface area contributed by atoms with Crippen molar-refractivity contribution in [3.05, 3.63) is 5.28 Å². The molecule has 2 atom stereocenters. The van der Waals surface area contributed by atoms with Crippen LogP contribution in [-0.2, 0) is 0 Å². The van der Waals surface area contributed by atoms with Crippen molar-refractivity contribution in [2.75, 3.05) is 32.1 Å². The SMILES string of the molecule is CC(C)Oc1nc(Cl)nc(N2CC(C)C(N(C)C)C2)n1. The Balaban J connectivity index is 2.19. The van der Waals surface area contributed by atoms with Gasteiger partial charge in [0.2, 0.25) is 11.2 Å². The molecule has 6 nitrogen and oxygen atoms in total. The number of hydrogen-bond donors (Lipinski definition) is 0. The van der Waals surface area contributed by atoms with Crippen molar-refractivity contribution in [2.45, 2.75) is 32.9 Å². The number of aromatic nitrogens is 3. The maximum Gasteiger partial charge on any atom is 0.322 e. The molecule has 1 saturated heterocycles. The number of ether oxygens (including phenoxy) is 1. The second-order valence-electron chi connectivity index (χ2n) is 5.77. The number of likely N-dealkylation sites (N-methyl/N-ethyl adjacent to an activating group) is 1. The average molecular weight is 300 g/mol. The Kier molecular flexibility index (Phi) is 4.65. The predicted octanol–water partition coefficient (Wildman–Crippen LogP) is 1.70. The van der Waals surface area contributed by atoms with E-state index < -0.39 is 0 Å². The second kappa shape index (κ2) is 6.10. The molecular formula is C13H22ClN5O. The van der Waals surface area contributed by atoms with E-state index in [9.17, 15) is 0 Å². The smallest absolute Gasteiger partial charge is 0.322 e. The van der Waals surface area contributed by atoms with E-state index in [-0.39, 0.29) is 17.4 Å². The second-order valence-corrected chi connectivity index (χ2v) is 6.10. The summed E-state index contributed by atoms with van der Waals surface area (Å²) in [5, 5.41) is 0.173. The van der Waals surface area contributed by atoms with Crippen LogP contribution in [0.3, 0.4) is 0 Å². The molecule has 0 aliphatic carbocycles. The minimum atomic E-state index is 0.00772. The third-order valence-corrected chi connectivity index (χ3v) is 3.60. The Morgan fingerprint density at radius 1 is 1.25 bits per heavy atom. The molecule has 0 bridgehead atoms. The van der Waals surface area contributed by atoms with E-state index in [1.807, 2.05) is 13.8 Å². The largest absolute Gasteiger partial charge is 0.461 e. The van der Waals surface area contributed by atoms with Crippen LogP contribution < -0.4 is 9.64 Å². The van der Waals surface area contributed by atoms with Gasteiger partial charge in [-0.2, -0.15) is 15.0 Å². The van der Waals surface area contributed by atoms with Gasteiger partial charge in [-0.1, -0.05) is 6.92 Å². The predicted molar refractivity (Wildman–Crippen MR) is 79.5 cm³/mol. The normalized spacial score (nSPS) is 22.9. The quantitative estimate of drug-likeness (QED) is 0.843. The standard InChI is InChI=1S/C13H22ClN5O/c1-8(2)20-13-16-11(14)15-12(17-13)19-6-9(3)10(7-19)18(4)5/h8-10H,6-7H2,1-5H3. The summed E-state index contributed by atoms with van der Waals surface area (Å²) in [4.78, 5) is 17.0. The van der Waals surface area contributed by atoms with Gasteiger partial charge in [0.05, 0.1) is 6.10 Å². The van der Waals surface area contributed by atoms with Gasteiger partial charge in [0.25, 0.3) is 0 Å². The van der Waals surface area contributed by atoms with E-state index in [1.165, 1.54) is 0 Å². The van der Waals surface area contributed by atoms with Crippen molar-refractivity contribution in [3.8, 4) is 6.01 Å². The van der Waals surface area contributed by atoms with Gasteiger partial charge in [-0.25, -0.2) is 0 Å². The van der Waals surface area contributed by atoms with Crippen LogP contribution in [-0.4, -0.2) is 59.2 Å². The van der Waals surface area contributed by atoms with Crippen molar-refractivity contribution in [1.82, 2.24) is 19.9 Å². The molecule has 112 valence electrons. The summed E-state index contributed by atoms with van der Waals surface area (Å²) in [5.74, 6) is 1.15. The molecule has 1 aromatic heterocycles. The highest BCUT2D eigenvalue weighted by Crippen LogP contribution is 2.25. The number of halogens is 1. The number of anilines is 1. The minimum absolute atomic E-state index is 0.00772. The topological polar surface area (TPSA) is 54.4 Å². The van der Waals surface area contributed by atoms with E-state index in [0.717, 1.165) is 13.1 Å². The summed E-state index contributed by atoms with van der Waals surface area (Å²) < 4.78 is 5.51. The first kappa shape index (κ1) is 15.3. The fourth-order valence-electron chi connectivity index (χ4n) is 2.51. The van der Waals surface area contributed by atoms with Gasteiger partial charge in [-0.05, 0) is 45.5 Å². The van der Waals surface area contributed by atoms with Crippen LogP contribution in [0.15, 0.2) is 0 Å². The van der Waals surface area contributed by atoms with Gasteiger partial charge in [-0.15, -0.1) is 0 Å². The van der Waals surface area contributed by atoms with Crippen molar-refractivity contribution in [3.63, 3.8) is 0 Å². The molecular weight excluding hydrogens is 278 g/mol. The van der Waals surface area contributed by atoms with E-state index in [0.29, 0.717) is 17.9 Å². The third-order valence-electron chi connectivity index (χ3n) is 3.44. The maximum absolute atomic E-state index is 5.97. The number of hydrogen-bond acceptors (Lipinski definition) is 6. The first-order chi connectivity index (χ1) is 9.36. The van der Waals surface area contributed by atoms with Gasteiger partial charge in [-0.3, -0.25) is 0 Å². The summed E-state index contributed by atoms with van der Waals surface area (Å²) >= 11 is 5.97. The number of rotatable bonds is 4. The Hall–Kier alpha value is -1.14. The molecule has 0 saturated carbocycles. The molecule has 0 radical (unpaired) electrons. The van der Waals surface area contributed by atoms with Gasteiger partial charge in [0.1, 0.15) is 0 Å². The molecule has 0 amide bonds. The lowest BCUT2D eigenvalue weighted by Gasteiger charge is -2.22. The van der Waals surface area contributed by atoms with Gasteiger partial charge in [0.15, 0.2) is 0 Å². The fraction of sp³-hybridized carbons (Fsp3) is 0.769. The van der Waals surface area contributed by atoms with Crippen LogP contribution >= 0.6 is 11.6 Å². The Labute approximate surface area is 125 Å². The molecule has 7 heteroatoms. The van der Waals surface area contributed by atoms with Crippen molar-refractivity contribution in [1.29, 1.82) is 0 Å². The Morgan fingerprint density at radius 2 is 1.95 bits per heavy atom. The zero-order chi connectivity index (χ0) is 14.9. The molecule has 1 fully saturated rings. The lowest BCUT2D eigenvalue weighted by Crippen LogP contribution is -2.34. The van der Waals surface area contributed by atoms with Crippen LogP contribution in [0.25, 0.3) is 0 Å². The maximum atomic E-state index is 5.97. The van der Waals surface area contributed by atoms with Crippen LogP contribution in [0.5, 0.6) is 6.01 Å². The Bertz CT molecular complexity index is 468. The molecule has 2 heterocycles. The van der Waals surface area contributed by atoms with E-state index >= 15 is 0 Å². The lowest BCUT2D eigenvalue weighted by molar-refractivity contribution is 0.221. The highest BCUT2D eigenvalue weighted by molar-refractivity contribution is 6.28. The van der Waals surface area contributed by atoms with Gasteiger partial charge >= 0.3 is 6.01 Å². The minimum Gasteiger partial charge on any atom is -0.461 e. The molecule has 1 aromatic rings. The molecule has 20 heavy (non-hydrogen) atoms. The lowest BCUT2D eigenvalue weighted by atomic mass is 10.1. The summed E-state index contributed by atoms with van der Waals surface area (Å²) in [6.45, 7) is 7.88. The summed E-state index contributed by atoms with van der Waals surface area (Å²) in [7, 11) is 4.19. The first-order valence-corrected chi connectivity index (χ1v) is 7.24. The molecule has 2 rings (SSSR count). The van der Waals surface area contributed by atoms with Crippen LogP contribution in [0, 0.1) is 5.92 Å². The van der Waals surface area contributed by atoms with Crippen LogP contribution in [0.1, 0.15) is 20.8 Å². The zero-order valence-electron chi connectivity index (χ0n) is 12.7. The molecule has 2 unspecified atom stereocenters. The molecule has 0 spiro atoms. The average Bonchev–Trinajstić information content (AvgIpc) is 2.69. The summed E-state index contributed by atoms with van der Waals surface area (Å²) in [6, 6.07) is 0.774. The molecule has 1 aliphatic heterocycles. The van der Waals surface area contributed by atoms with Crippen molar-refractivity contribution >= 4 is 17.5 Å². The Morgan fingerprint density at radius 3 is 2.50 bits per heavy atom. The van der Waals surface area contributed by atoms with Gasteiger partial charge in [0, 0.05) is 19.1 Å². The van der Waals surface area contributed by atoms with Crippen LogP contribution in [0.2, 0.25) is 5.28 Å². The molecule has 1 aliphatic rings. The van der Waals surface area contributed by atoms with Crippen LogP contribution in [0.4, 0.5) is 5.95 Å². The summed E-state index contributed by atoms with van der Waals surface area (Å²) in [6.07, 6.45) is 0.00772.